The van der Waals surface area contributed by atoms with Crippen LogP contribution in [-0.4, -0.2) is 23.7 Å². The lowest BCUT2D eigenvalue weighted by Gasteiger charge is -2.08. The number of rotatable bonds is 7. The lowest BCUT2D eigenvalue weighted by atomic mass is 10.2. The highest BCUT2D eigenvalue weighted by Crippen LogP contribution is 2.22. The van der Waals surface area contributed by atoms with E-state index in [-0.39, 0.29) is 5.91 Å². The van der Waals surface area contributed by atoms with E-state index in [4.69, 9.17) is 9.15 Å². The van der Waals surface area contributed by atoms with Crippen LogP contribution in [0.4, 0.5) is 0 Å². The molecule has 0 spiro atoms. The van der Waals surface area contributed by atoms with Gasteiger partial charge in [-0.05, 0) is 30.7 Å². The maximum Gasteiger partial charge on any atom is 0.240 e. The van der Waals surface area contributed by atoms with E-state index in [1.165, 1.54) is 6.21 Å². The minimum atomic E-state index is -0.169. The number of ether oxygens (including phenoxy) is 1. The number of hydrogen-bond donors (Lipinski definition) is 1. The SMILES string of the molecule is O=C(CCCOc1cccc2cccnc12)N/N=C/c1ccco1. The molecule has 0 fully saturated rings. The second kappa shape index (κ2) is 7.92. The summed E-state index contributed by atoms with van der Waals surface area (Å²) in [6.07, 6.45) is 5.65. The Kier molecular flexibility index (Phi) is 5.19. The number of pyridine rings is 1. The first-order valence-corrected chi connectivity index (χ1v) is 7.65. The number of nitrogens with one attached hydrogen (secondary N) is 1. The number of carbonyl (C=O) groups is 1. The van der Waals surface area contributed by atoms with Crippen LogP contribution < -0.4 is 10.2 Å². The zero-order valence-electron chi connectivity index (χ0n) is 13.0. The average molecular weight is 323 g/mol. The molecule has 0 aliphatic heterocycles. The van der Waals surface area contributed by atoms with Gasteiger partial charge in [0.05, 0.1) is 19.1 Å². The van der Waals surface area contributed by atoms with Crippen molar-refractivity contribution in [1.82, 2.24) is 10.4 Å². The summed E-state index contributed by atoms with van der Waals surface area (Å²) in [6, 6.07) is 13.2. The Morgan fingerprint density at radius 3 is 3.04 bits per heavy atom. The zero-order chi connectivity index (χ0) is 16.6. The Bertz CT molecular complexity index is 823. The van der Waals surface area contributed by atoms with Gasteiger partial charge in [-0.3, -0.25) is 9.78 Å². The Morgan fingerprint density at radius 2 is 2.17 bits per heavy atom. The normalized spacial score (nSPS) is 11.0. The van der Waals surface area contributed by atoms with Crippen LogP contribution in [0.5, 0.6) is 5.75 Å². The molecule has 0 saturated heterocycles. The zero-order valence-corrected chi connectivity index (χ0v) is 13.0. The molecule has 24 heavy (non-hydrogen) atoms. The molecule has 6 heteroatoms. The van der Waals surface area contributed by atoms with Crippen molar-refractivity contribution < 1.29 is 13.9 Å². The predicted octanol–water partition coefficient (Wildman–Crippen LogP) is 3.14. The molecule has 3 aromatic rings. The van der Waals surface area contributed by atoms with Gasteiger partial charge in [0.1, 0.15) is 17.0 Å². The Balaban J connectivity index is 1.42. The Morgan fingerprint density at radius 1 is 1.25 bits per heavy atom. The molecule has 1 N–H and O–H groups in total. The number of para-hydroxylation sites is 1. The molecule has 0 aliphatic carbocycles. The first-order chi connectivity index (χ1) is 11.8. The Hall–Kier alpha value is -3.15. The third-order valence-corrected chi connectivity index (χ3v) is 3.33. The van der Waals surface area contributed by atoms with Crippen LogP contribution in [0, 0.1) is 0 Å². The number of amides is 1. The van der Waals surface area contributed by atoms with Gasteiger partial charge in [-0.2, -0.15) is 5.10 Å². The molecule has 6 nitrogen and oxygen atoms in total. The van der Waals surface area contributed by atoms with Gasteiger partial charge in [0.25, 0.3) is 0 Å². The molecule has 0 saturated carbocycles. The quantitative estimate of drug-likeness (QED) is 0.412. The summed E-state index contributed by atoms with van der Waals surface area (Å²) < 4.78 is 10.8. The fourth-order valence-electron chi connectivity index (χ4n) is 2.20. The van der Waals surface area contributed by atoms with Gasteiger partial charge < -0.3 is 9.15 Å². The smallest absolute Gasteiger partial charge is 0.240 e. The van der Waals surface area contributed by atoms with E-state index in [0.717, 1.165) is 16.7 Å². The van der Waals surface area contributed by atoms with Gasteiger partial charge in [0.2, 0.25) is 5.91 Å². The largest absolute Gasteiger partial charge is 0.491 e. The number of aromatic nitrogens is 1. The van der Waals surface area contributed by atoms with Gasteiger partial charge in [-0.1, -0.05) is 18.2 Å². The summed E-state index contributed by atoms with van der Waals surface area (Å²) in [7, 11) is 0. The Labute approximate surface area is 139 Å². The minimum absolute atomic E-state index is 0.169. The minimum Gasteiger partial charge on any atom is -0.491 e. The van der Waals surface area contributed by atoms with Gasteiger partial charge in [-0.15, -0.1) is 0 Å². The molecule has 1 aromatic carbocycles. The second-order valence-electron chi connectivity index (χ2n) is 5.09. The summed E-state index contributed by atoms with van der Waals surface area (Å²) in [5, 5.41) is 4.85. The van der Waals surface area contributed by atoms with Crippen LogP contribution in [0.2, 0.25) is 0 Å². The van der Waals surface area contributed by atoms with Gasteiger partial charge in [0, 0.05) is 18.0 Å². The number of hydrogen-bond acceptors (Lipinski definition) is 5. The van der Waals surface area contributed by atoms with Gasteiger partial charge in [0.15, 0.2) is 0 Å². The van der Waals surface area contributed by atoms with E-state index in [0.29, 0.717) is 25.2 Å². The molecule has 0 aliphatic rings. The predicted molar refractivity (Wildman–Crippen MR) is 90.9 cm³/mol. The summed E-state index contributed by atoms with van der Waals surface area (Å²) in [5.74, 6) is 1.14. The molecular formula is C18H17N3O3. The lowest BCUT2D eigenvalue weighted by Crippen LogP contribution is -2.18. The highest BCUT2D eigenvalue weighted by Gasteiger charge is 2.04. The van der Waals surface area contributed by atoms with Crippen LogP contribution in [0.3, 0.4) is 0 Å². The maximum atomic E-state index is 11.7. The standard InChI is InChI=1S/C18H17N3O3/c22-17(21-20-13-15-7-3-11-23-15)9-4-12-24-16-8-1-5-14-6-2-10-19-18(14)16/h1-3,5-8,10-11,13H,4,9,12H2,(H,21,22)/b20-13+. The van der Waals surface area contributed by atoms with E-state index >= 15 is 0 Å². The van der Waals surface area contributed by atoms with Crippen molar-refractivity contribution in [3.8, 4) is 5.75 Å². The first-order valence-electron chi connectivity index (χ1n) is 7.65. The van der Waals surface area contributed by atoms with Crippen LogP contribution in [-0.2, 0) is 4.79 Å². The third kappa shape index (κ3) is 4.19. The van der Waals surface area contributed by atoms with Crippen molar-refractivity contribution in [2.75, 3.05) is 6.61 Å². The fraction of sp³-hybridized carbons (Fsp3) is 0.167. The third-order valence-electron chi connectivity index (χ3n) is 3.33. The summed E-state index contributed by atoms with van der Waals surface area (Å²) in [4.78, 5) is 16.0. The maximum absolute atomic E-state index is 11.7. The monoisotopic (exact) mass is 323 g/mol. The van der Waals surface area contributed by atoms with E-state index in [1.54, 1.807) is 24.6 Å². The fourth-order valence-corrected chi connectivity index (χ4v) is 2.20. The van der Waals surface area contributed by atoms with Gasteiger partial charge in [-0.25, -0.2) is 5.43 Å². The van der Waals surface area contributed by atoms with Crippen LogP contribution in [0.15, 0.2) is 64.4 Å². The molecule has 2 heterocycles. The van der Waals surface area contributed by atoms with E-state index < -0.39 is 0 Å². The number of benzene rings is 1. The van der Waals surface area contributed by atoms with Crippen molar-refractivity contribution in [3.05, 3.63) is 60.7 Å². The summed E-state index contributed by atoms with van der Waals surface area (Å²) in [5.41, 5.74) is 3.28. The van der Waals surface area contributed by atoms with Crippen molar-refractivity contribution in [3.63, 3.8) is 0 Å². The number of fused-ring (bicyclic) bond motifs is 1. The summed E-state index contributed by atoms with van der Waals surface area (Å²) in [6.45, 7) is 0.436. The molecule has 0 radical (unpaired) electrons. The van der Waals surface area contributed by atoms with Crippen LogP contribution in [0.1, 0.15) is 18.6 Å². The molecule has 0 unspecified atom stereocenters. The average Bonchev–Trinajstić information content (AvgIpc) is 3.12. The molecule has 0 bridgehead atoms. The topological polar surface area (TPSA) is 76.7 Å². The van der Waals surface area contributed by atoms with Crippen molar-refractivity contribution in [2.45, 2.75) is 12.8 Å². The highest BCUT2D eigenvalue weighted by atomic mass is 16.5. The lowest BCUT2D eigenvalue weighted by molar-refractivity contribution is -0.121. The van der Waals surface area contributed by atoms with Crippen molar-refractivity contribution >= 4 is 23.0 Å². The second-order valence-corrected chi connectivity index (χ2v) is 5.09. The van der Waals surface area contributed by atoms with E-state index in [2.05, 4.69) is 15.5 Å². The van der Waals surface area contributed by atoms with Crippen molar-refractivity contribution in [1.29, 1.82) is 0 Å². The number of carbonyl (C=O) groups excluding carboxylic acids is 1. The molecular weight excluding hydrogens is 306 g/mol. The number of furan rings is 1. The highest BCUT2D eigenvalue weighted by molar-refractivity contribution is 5.84. The number of nitrogens with zero attached hydrogens (tertiary/aromatic N) is 2. The molecule has 0 atom stereocenters. The first kappa shape index (κ1) is 15.7. The van der Waals surface area contributed by atoms with Crippen molar-refractivity contribution in [2.24, 2.45) is 5.10 Å². The van der Waals surface area contributed by atoms with Gasteiger partial charge >= 0.3 is 0 Å². The van der Waals surface area contributed by atoms with E-state index in [1.807, 2.05) is 30.3 Å². The van der Waals surface area contributed by atoms with E-state index in [9.17, 15) is 4.79 Å². The molecule has 2 aromatic heterocycles. The number of hydrazone groups is 1. The van der Waals surface area contributed by atoms with Crippen LogP contribution in [0.25, 0.3) is 10.9 Å². The molecule has 1 amide bonds. The molecule has 3 rings (SSSR count). The van der Waals surface area contributed by atoms with Crippen LogP contribution >= 0.6 is 0 Å². The molecule has 122 valence electrons. The summed E-state index contributed by atoms with van der Waals surface area (Å²) >= 11 is 0.